The van der Waals surface area contributed by atoms with E-state index in [1.807, 2.05) is 6.08 Å². The van der Waals surface area contributed by atoms with Gasteiger partial charge in [0.25, 0.3) is 11.8 Å². The van der Waals surface area contributed by atoms with E-state index < -0.39 is 0 Å². The van der Waals surface area contributed by atoms with Crippen molar-refractivity contribution >= 4 is 11.8 Å². The largest absolute Gasteiger partial charge is 0.269 e. The molecule has 0 unspecified atom stereocenters. The number of carbonyl (C=O) groups excluding carboxylic acids is 2. The number of benzene rings is 1. The van der Waals surface area contributed by atoms with E-state index in [0.717, 1.165) is 12.8 Å². The molecule has 1 heterocycles. The Balaban J connectivity index is 1.97. The van der Waals surface area contributed by atoms with Gasteiger partial charge in [-0.2, -0.15) is 0 Å². The molecule has 0 N–H and O–H groups in total. The maximum absolute atomic E-state index is 12.3. The Morgan fingerprint density at radius 3 is 2.28 bits per heavy atom. The Morgan fingerprint density at radius 1 is 1.11 bits per heavy atom. The molecule has 0 bridgehead atoms. The van der Waals surface area contributed by atoms with Gasteiger partial charge in [-0.25, -0.2) is 0 Å². The lowest BCUT2D eigenvalue weighted by molar-refractivity contribution is 0.0596. The maximum atomic E-state index is 12.3. The van der Waals surface area contributed by atoms with Crippen molar-refractivity contribution in [1.82, 2.24) is 4.90 Å². The van der Waals surface area contributed by atoms with Crippen molar-refractivity contribution < 1.29 is 9.59 Å². The first kappa shape index (κ1) is 11.2. The van der Waals surface area contributed by atoms with Crippen LogP contribution in [0.15, 0.2) is 36.4 Å². The van der Waals surface area contributed by atoms with Gasteiger partial charge in [-0.05, 0) is 30.9 Å². The van der Waals surface area contributed by atoms with Gasteiger partial charge >= 0.3 is 0 Å². The van der Waals surface area contributed by atoms with Crippen LogP contribution < -0.4 is 0 Å². The number of allylic oxidation sites excluding steroid dienone is 1. The van der Waals surface area contributed by atoms with Crippen molar-refractivity contribution in [2.24, 2.45) is 5.92 Å². The van der Waals surface area contributed by atoms with E-state index in [-0.39, 0.29) is 17.9 Å². The summed E-state index contributed by atoms with van der Waals surface area (Å²) in [4.78, 5) is 26.0. The van der Waals surface area contributed by atoms with Crippen molar-refractivity contribution in [3.05, 3.63) is 47.5 Å². The fraction of sp³-hybridized carbons (Fsp3) is 0.333. The summed E-state index contributed by atoms with van der Waals surface area (Å²) in [5, 5.41) is 0. The molecule has 0 radical (unpaired) electrons. The van der Waals surface area contributed by atoms with E-state index in [2.05, 4.69) is 13.0 Å². The summed E-state index contributed by atoms with van der Waals surface area (Å²) in [5.74, 6) is 0.211. The second-order valence-electron chi connectivity index (χ2n) is 5.10. The molecule has 2 amide bonds. The lowest BCUT2D eigenvalue weighted by Crippen LogP contribution is -2.40. The quantitative estimate of drug-likeness (QED) is 0.560. The van der Waals surface area contributed by atoms with Crippen molar-refractivity contribution in [2.75, 3.05) is 0 Å². The number of hydrogen-bond donors (Lipinski definition) is 0. The van der Waals surface area contributed by atoms with E-state index >= 15 is 0 Å². The number of rotatable bonds is 1. The first-order valence-corrected chi connectivity index (χ1v) is 6.32. The molecule has 1 aromatic rings. The smallest absolute Gasteiger partial charge is 0.262 e. The molecule has 3 heteroatoms. The van der Waals surface area contributed by atoms with Crippen LogP contribution in [0.3, 0.4) is 0 Å². The van der Waals surface area contributed by atoms with Gasteiger partial charge in [-0.15, -0.1) is 0 Å². The normalized spacial score (nSPS) is 26.6. The highest BCUT2D eigenvalue weighted by Gasteiger charge is 2.39. The first-order valence-electron chi connectivity index (χ1n) is 6.32. The first-order chi connectivity index (χ1) is 8.68. The van der Waals surface area contributed by atoms with Crippen LogP contribution in [0.25, 0.3) is 0 Å². The molecule has 1 aromatic carbocycles. The molecule has 2 atom stereocenters. The Bertz CT molecular complexity index is 512. The third-order valence-electron chi connectivity index (χ3n) is 3.70. The van der Waals surface area contributed by atoms with Crippen molar-refractivity contribution in [3.8, 4) is 0 Å². The monoisotopic (exact) mass is 241 g/mol. The predicted octanol–water partition coefficient (Wildman–Crippen LogP) is 2.64. The van der Waals surface area contributed by atoms with Gasteiger partial charge in [0, 0.05) is 0 Å². The Morgan fingerprint density at radius 2 is 1.72 bits per heavy atom. The van der Waals surface area contributed by atoms with E-state index in [1.165, 1.54) is 4.90 Å². The topological polar surface area (TPSA) is 37.4 Å². The van der Waals surface area contributed by atoms with Crippen LogP contribution in [-0.4, -0.2) is 22.8 Å². The SMILES string of the molecule is C[C@H]1CC=C[C@@H](N2C(=O)c3ccccc3C2=O)C1. The van der Waals surface area contributed by atoms with Crippen LogP contribution in [0.1, 0.15) is 40.5 Å². The molecular weight excluding hydrogens is 226 g/mol. The number of carbonyl (C=O) groups is 2. The van der Waals surface area contributed by atoms with Crippen LogP contribution in [-0.2, 0) is 0 Å². The molecule has 0 saturated carbocycles. The van der Waals surface area contributed by atoms with Crippen LogP contribution in [0.2, 0.25) is 0 Å². The molecule has 2 aliphatic rings. The van der Waals surface area contributed by atoms with Gasteiger partial charge in [0.2, 0.25) is 0 Å². The number of hydrogen-bond acceptors (Lipinski definition) is 2. The average Bonchev–Trinajstić information content (AvgIpc) is 2.63. The van der Waals surface area contributed by atoms with Crippen molar-refractivity contribution in [2.45, 2.75) is 25.8 Å². The second kappa shape index (κ2) is 4.09. The summed E-state index contributed by atoms with van der Waals surface area (Å²) >= 11 is 0. The Hall–Kier alpha value is -1.90. The summed E-state index contributed by atoms with van der Waals surface area (Å²) in [6.07, 6.45) is 5.95. The fourth-order valence-electron chi connectivity index (χ4n) is 2.76. The molecule has 0 aromatic heterocycles. The molecule has 1 aliphatic carbocycles. The molecule has 18 heavy (non-hydrogen) atoms. The highest BCUT2D eigenvalue weighted by molar-refractivity contribution is 6.21. The third-order valence-corrected chi connectivity index (χ3v) is 3.70. The van der Waals surface area contributed by atoms with Crippen LogP contribution in [0.5, 0.6) is 0 Å². The van der Waals surface area contributed by atoms with E-state index in [1.54, 1.807) is 24.3 Å². The molecule has 0 saturated heterocycles. The molecule has 3 rings (SSSR count). The van der Waals surface area contributed by atoms with Gasteiger partial charge in [-0.1, -0.05) is 31.2 Å². The number of amides is 2. The zero-order valence-electron chi connectivity index (χ0n) is 10.3. The van der Waals surface area contributed by atoms with Gasteiger partial charge in [0.1, 0.15) is 0 Å². The molecule has 92 valence electrons. The third kappa shape index (κ3) is 1.58. The Labute approximate surface area is 106 Å². The number of fused-ring (bicyclic) bond motifs is 1. The minimum Gasteiger partial charge on any atom is -0.269 e. The van der Waals surface area contributed by atoms with Gasteiger partial charge in [0.15, 0.2) is 0 Å². The standard InChI is InChI=1S/C15H15NO2/c1-10-5-4-6-11(9-10)16-14(17)12-7-2-3-8-13(12)15(16)18/h2-4,6-8,10-11H,5,9H2,1H3/t10-,11+/m0/s1. The minimum absolute atomic E-state index is 0.0823. The van der Waals surface area contributed by atoms with Crippen LogP contribution in [0.4, 0.5) is 0 Å². The summed E-state index contributed by atoms with van der Waals surface area (Å²) < 4.78 is 0. The minimum atomic E-state index is -0.153. The zero-order valence-corrected chi connectivity index (χ0v) is 10.3. The summed E-state index contributed by atoms with van der Waals surface area (Å²) in [5.41, 5.74) is 1.07. The molecule has 1 aliphatic heterocycles. The van der Waals surface area contributed by atoms with Crippen molar-refractivity contribution in [3.63, 3.8) is 0 Å². The molecule has 3 nitrogen and oxygen atoms in total. The van der Waals surface area contributed by atoms with Gasteiger partial charge in [-0.3, -0.25) is 14.5 Å². The summed E-state index contributed by atoms with van der Waals surface area (Å²) in [6, 6.07) is 6.97. The fourth-order valence-corrected chi connectivity index (χ4v) is 2.76. The Kier molecular flexibility index (Phi) is 2.54. The van der Waals surface area contributed by atoms with Gasteiger partial charge < -0.3 is 0 Å². The summed E-state index contributed by atoms with van der Waals surface area (Å²) in [7, 11) is 0. The maximum Gasteiger partial charge on any atom is 0.262 e. The highest BCUT2D eigenvalue weighted by atomic mass is 16.2. The van der Waals surface area contributed by atoms with Gasteiger partial charge in [0.05, 0.1) is 17.2 Å². The second-order valence-corrected chi connectivity index (χ2v) is 5.10. The lowest BCUT2D eigenvalue weighted by Gasteiger charge is -2.28. The lowest BCUT2D eigenvalue weighted by atomic mass is 9.92. The number of nitrogens with zero attached hydrogens (tertiary/aromatic N) is 1. The van der Waals surface area contributed by atoms with E-state index in [4.69, 9.17) is 0 Å². The number of imide groups is 1. The molecule has 0 fully saturated rings. The van der Waals surface area contributed by atoms with Crippen LogP contribution in [0, 0.1) is 5.92 Å². The van der Waals surface area contributed by atoms with Crippen molar-refractivity contribution in [1.29, 1.82) is 0 Å². The average molecular weight is 241 g/mol. The van der Waals surface area contributed by atoms with E-state index in [0.29, 0.717) is 17.0 Å². The molecule has 0 spiro atoms. The highest BCUT2D eigenvalue weighted by Crippen LogP contribution is 2.29. The van der Waals surface area contributed by atoms with E-state index in [9.17, 15) is 9.59 Å². The predicted molar refractivity (Wildman–Crippen MR) is 68.3 cm³/mol. The molecular formula is C15H15NO2. The summed E-state index contributed by atoms with van der Waals surface area (Å²) in [6.45, 7) is 2.15. The zero-order chi connectivity index (χ0) is 12.7. The van der Waals surface area contributed by atoms with Crippen LogP contribution >= 0.6 is 0 Å².